The lowest BCUT2D eigenvalue weighted by atomic mass is 9.98. The third-order valence-corrected chi connectivity index (χ3v) is 12.1. The van der Waals surface area contributed by atoms with Crippen LogP contribution in [0.3, 0.4) is 0 Å². The lowest BCUT2D eigenvalue weighted by Gasteiger charge is -2.27. The van der Waals surface area contributed by atoms with E-state index in [1.54, 1.807) is 98.2 Å². The van der Waals surface area contributed by atoms with Crippen LogP contribution >= 0.6 is 0 Å². The molecule has 0 unspecified atom stereocenters. The van der Waals surface area contributed by atoms with Crippen molar-refractivity contribution in [3.8, 4) is 12.0 Å². The Morgan fingerprint density at radius 1 is 0.595 bits per heavy atom. The van der Waals surface area contributed by atoms with Gasteiger partial charge in [-0.25, -0.2) is 9.97 Å². The Hall–Kier alpha value is -8.80. The number of rotatable bonds is 11. The second-order valence-corrected chi connectivity index (χ2v) is 17.3. The summed E-state index contributed by atoms with van der Waals surface area (Å²) in [4.78, 5) is 60.8. The number of alkyl halides is 6. The van der Waals surface area contributed by atoms with Crippen molar-refractivity contribution in [2.75, 3.05) is 68.1 Å². The fourth-order valence-corrected chi connectivity index (χ4v) is 8.01. The van der Waals surface area contributed by atoms with Crippen LogP contribution in [0.5, 0.6) is 5.75 Å². The fourth-order valence-electron chi connectivity index (χ4n) is 8.01. The number of hydrogen-bond acceptors (Lipinski definition) is 14. The van der Waals surface area contributed by atoms with Gasteiger partial charge in [-0.05, 0) is 108 Å². The van der Waals surface area contributed by atoms with Crippen LogP contribution < -0.4 is 20.3 Å². The van der Waals surface area contributed by atoms with Crippen LogP contribution in [-0.4, -0.2) is 89.9 Å². The molecule has 2 fully saturated rings. The van der Waals surface area contributed by atoms with Crippen molar-refractivity contribution in [2.45, 2.75) is 46.4 Å². The van der Waals surface area contributed by atoms with Gasteiger partial charge in [0.2, 0.25) is 0 Å². The van der Waals surface area contributed by atoms with E-state index in [-0.39, 0.29) is 43.4 Å². The summed E-state index contributed by atoms with van der Waals surface area (Å²) < 4.78 is 95.4. The van der Waals surface area contributed by atoms with Crippen LogP contribution in [0.15, 0.2) is 146 Å². The number of nitrogen functional groups attached to an aromatic ring is 1. The molecule has 0 saturated carbocycles. The number of nitrogens with zero attached hydrogens (tertiary/aromatic N) is 7. The Bertz CT molecular complexity index is 3390. The molecule has 2 aromatic heterocycles. The van der Waals surface area contributed by atoms with Crippen molar-refractivity contribution in [3.05, 3.63) is 190 Å². The molecule has 10 rings (SSSR count). The van der Waals surface area contributed by atoms with E-state index in [0.29, 0.717) is 83.4 Å². The molecule has 14 nitrogen and oxygen atoms in total. The maximum absolute atomic E-state index is 13.1. The normalized spacial score (nSPS) is 13.4. The van der Waals surface area contributed by atoms with Crippen molar-refractivity contribution < 1.29 is 56.3 Å². The average molecular weight is 1090 g/mol. The van der Waals surface area contributed by atoms with Gasteiger partial charge in [-0.15, -0.1) is 5.26 Å². The highest BCUT2D eigenvalue weighted by molar-refractivity contribution is 6.11. The summed E-state index contributed by atoms with van der Waals surface area (Å²) in [6, 6.07) is 32.8. The maximum atomic E-state index is 13.1. The maximum Gasteiger partial charge on any atom is 0.416 e. The zero-order valence-corrected chi connectivity index (χ0v) is 42.1. The zero-order chi connectivity index (χ0) is 56.5. The predicted octanol–water partition coefficient (Wildman–Crippen LogP) is 11.6. The third-order valence-electron chi connectivity index (χ3n) is 12.1. The molecule has 0 spiro atoms. The summed E-state index contributed by atoms with van der Waals surface area (Å²) in [5.74, 6) is 1.29. The van der Waals surface area contributed by atoms with Gasteiger partial charge < -0.3 is 29.7 Å². The van der Waals surface area contributed by atoms with E-state index in [4.69, 9.17) is 26.8 Å². The van der Waals surface area contributed by atoms with E-state index in [1.165, 1.54) is 18.4 Å². The molecule has 0 atom stereocenters. The first-order valence-electron chi connectivity index (χ1n) is 25.1. The first-order chi connectivity index (χ1) is 37.9. The highest BCUT2D eigenvalue weighted by Gasteiger charge is 2.31. The van der Waals surface area contributed by atoms with Crippen molar-refractivity contribution in [1.29, 1.82) is 5.26 Å². The van der Waals surface area contributed by atoms with Crippen LogP contribution in [0.4, 0.5) is 43.7 Å². The number of ether oxygens (including phenoxy) is 3. The summed E-state index contributed by atoms with van der Waals surface area (Å²) in [5.41, 5.74) is 11.0. The van der Waals surface area contributed by atoms with Gasteiger partial charge >= 0.3 is 12.4 Å². The molecule has 2 N–H and O–H groups in total. The number of aromatic nitrogens is 4. The number of morpholine rings is 2. The predicted molar refractivity (Wildman–Crippen MR) is 289 cm³/mol. The number of nitriles is 1. The van der Waals surface area contributed by atoms with Crippen molar-refractivity contribution in [3.63, 3.8) is 0 Å². The standard InChI is InChI=1S/C29H24F3N3O3.C19H18N4O2.C8H4F3NO.C2H6.CH4/c30-29(31,32)23-8-3-20(4-9-23)16-24(36)15-19-1-5-21(6-2-19)28(37)22-7-10-25-26(17-22)34-27(18-33-25)35-11-13-38-14-12-35;20-15-4-1-13(2-5-15)19(24)14-3-6-16-17(11-14)22-18(12-21-16)23-7-9-25-10-8-23;9-8(10,11)6-1-3-7(4-2-6)13-5-12;1-2;/h1-10,17-18H,11-16H2;1-6,11-12H,7-10,20H2;1-4H;1-2H3;1H4/i;;;1D;. The summed E-state index contributed by atoms with van der Waals surface area (Å²) in [7, 11) is 0. The van der Waals surface area contributed by atoms with Gasteiger partial charge in [0.1, 0.15) is 23.2 Å². The second-order valence-electron chi connectivity index (χ2n) is 17.3. The molecule has 4 heterocycles. The monoisotopic (exact) mass is 1090 g/mol. The highest BCUT2D eigenvalue weighted by Crippen LogP contribution is 2.31. The minimum Gasteiger partial charge on any atom is -0.399 e. The zero-order valence-electron chi connectivity index (χ0n) is 43.1. The number of fused-ring (bicyclic) bond motifs is 2. The number of benzene rings is 6. The first kappa shape index (κ1) is 57.9. The third kappa shape index (κ3) is 16.4. The van der Waals surface area contributed by atoms with E-state index >= 15 is 0 Å². The van der Waals surface area contributed by atoms with Gasteiger partial charge in [0, 0.05) is 68.3 Å². The summed E-state index contributed by atoms with van der Waals surface area (Å²) in [6.07, 6.45) is -3.75. The molecule has 410 valence electrons. The van der Waals surface area contributed by atoms with E-state index < -0.39 is 23.5 Å². The Kier molecular flexibility index (Phi) is 20.1. The molecule has 6 aromatic carbocycles. The van der Waals surface area contributed by atoms with E-state index in [1.807, 2.05) is 6.07 Å². The SMILES string of the molecule is C.N#COc1ccc(C(F)(F)F)cc1.Nc1ccc(C(=O)c2ccc3ncc(N4CCOCC4)nc3c2)cc1.O=C(Cc1ccc(C(=O)c2ccc3ncc(N4CCOCC4)nc3c2)cc1)Cc1ccc(C(F)(F)F)cc1.[2H]CC. The van der Waals surface area contributed by atoms with Crippen molar-refractivity contribution >= 4 is 56.7 Å². The Morgan fingerprint density at radius 2 is 0.962 bits per heavy atom. The number of halogens is 6. The van der Waals surface area contributed by atoms with Gasteiger partial charge in [0.05, 0.1) is 72.0 Å². The van der Waals surface area contributed by atoms with Gasteiger partial charge in [-0.3, -0.25) is 24.4 Å². The number of anilines is 3. The molecule has 0 amide bonds. The smallest absolute Gasteiger partial charge is 0.399 e. The second kappa shape index (κ2) is 27.5. The van der Waals surface area contributed by atoms with Gasteiger partial charge in [-0.1, -0.05) is 57.6 Å². The van der Waals surface area contributed by atoms with E-state index in [0.717, 1.165) is 85.3 Å². The topological polar surface area (TPSA) is 187 Å². The molecular weight excluding hydrogens is 1030 g/mol. The molecule has 2 saturated heterocycles. The van der Waals surface area contributed by atoms with Crippen LogP contribution in [0.1, 0.15) is 76.7 Å². The molecule has 20 heteroatoms. The van der Waals surface area contributed by atoms with Gasteiger partial charge in [-0.2, -0.15) is 26.3 Å². The van der Waals surface area contributed by atoms with E-state index in [2.05, 4.69) is 29.5 Å². The summed E-state index contributed by atoms with van der Waals surface area (Å²) in [5, 5.41) is 8.05. The minimum atomic E-state index is -4.41. The fraction of sp³-hybridized carbons (Fsp3) is 0.254. The average Bonchev–Trinajstić information content (AvgIpc) is 3.45. The first-order valence-corrected chi connectivity index (χ1v) is 24.4. The largest absolute Gasteiger partial charge is 0.416 e. The summed E-state index contributed by atoms with van der Waals surface area (Å²) in [6.45, 7) is 8.00. The molecule has 0 bridgehead atoms. The molecule has 8 aromatic rings. The lowest BCUT2D eigenvalue weighted by molar-refractivity contribution is -0.138. The number of hydrogen-bond donors (Lipinski definition) is 1. The number of Topliss-reactive ketones (excluding diaryl/α,β-unsaturated/α-hetero) is 1. The van der Waals surface area contributed by atoms with Crippen molar-refractivity contribution in [1.82, 2.24) is 19.9 Å². The van der Waals surface area contributed by atoms with Crippen LogP contribution in [0, 0.1) is 11.5 Å². The lowest BCUT2D eigenvalue weighted by Crippen LogP contribution is -2.36. The number of carbonyl (C=O) groups excluding carboxylic acids is 3. The number of carbonyl (C=O) groups is 3. The molecule has 0 radical (unpaired) electrons. The Labute approximate surface area is 453 Å². The molecule has 79 heavy (non-hydrogen) atoms. The van der Waals surface area contributed by atoms with Crippen LogP contribution in [0.2, 0.25) is 0 Å². The number of nitrogens with two attached hydrogens (primary N) is 1. The molecular formula is C59H56F6N8O6. The Morgan fingerprint density at radius 3 is 1.35 bits per heavy atom. The highest BCUT2D eigenvalue weighted by atomic mass is 19.4. The minimum absolute atomic E-state index is 0. The molecule has 0 aliphatic carbocycles. The number of ketones is 3. The molecule has 2 aliphatic rings. The Balaban J connectivity index is 0.000000210. The molecule has 2 aliphatic heterocycles. The quantitative estimate of drug-likeness (QED) is 0.0558. The van der Waals surface area contributed by atoms with Crippen molar-refractivity contribution in [2.24, 2.45) is 0 Å². The summed E-state index contributed by atoms with van der Waals surface area (Å²) >= 11 is 0. The van der Waals surface area contributed by atoms with E-state index in [9.17, 15) is 40.7 Å². The van der Waals surface area contributed by atoms with Gasteiger partial charge in [0.25, 0.3) is 6.26 Å². The van der Waals surface area contributed by atoms with Gasteiger partial charge in [0.15, 0.2) is 11.6 Å². The van der Waals surface area contributed by atoms with Crippen LogP contribution in [0.25, 0.3) is 22.1 Å². The van der Waals surface area contributed by atoms with Crippen LogP contribution in [-0.2, 0) is 39.5 Å².